The summed E-state index contributed by atoms with van der Waals surface area (Å²) in [7, 11) is -12.0. The Morgan fingerprint density at radius 2 is 1.54 bits per heavy atom. The smallest absolute Gasteiger partial charge is 0.744 e. The minimum absolute atomic E-state index is 0. The first-order chi connectivity index (χ1) is 18.0. The predicted molar refractivity (Wildman–Crippen MR) is 129 cm³/mol. The fourth-order valence-electron chi connectivity index (χ4n) is 3.76. The van der Waals surface area contributed by atoms with Crippen LogP contribution in [0.4, 0.5) is 5.69 Å². The van der Waals surface area contributed by atoms with Gasteiger partial charge in [-0.15, -0.1) is 0 Å². The van der Waals surface area contributed by atoms with Crippen molar-refractivity contribution in [3.8, 4) is 11.5 Å². The zero-order valence-electron chi connectivity index (χ0n) is 22.3. The van der Waals surface area contributed by atoms with Gasteiger partial charge in [0.05, 0.1) is 42.9 Å². The van der Waals surface area contributed by atoms with Crippen molar-refractivity contribution in [2.75, 3.05) is 31.6 Å². The zero-order chi connectivity index (χ0) is 29.4. The van der Waals surface area contributed by atoms with Gasteiger partial charge in [0, 0.05) is 11.6 Å². The van der Waals surface area contributed by atoms with Gasteiger partial charge < -0.3 is 18.6 Å². The Balaban J connectivity index is 0.00000420. The van der Waals surface area contributed by atoms with E-state index in [9.17, 15) is 39.2 Å². The second-order valence-corrected chi connectivity index (χ2v) is 12.3. The third-order valence-corrected chi connectivity index (χ3v) is 8.60. The maximum absolute atomic E-state index is 13.6. The molecule has 3 rings (SSSR count). The molecule has 1 aliphatic rings. The topological polar surface area (TPSA) is 245 Å². The number of rotatable bonds is 11. The van der Waals surface area contributed by atoms with Gasteiger partial charge in [-0.2, -0.15) is 15.2 Å². The molecule has 1 atom stereocenters. The van der Waals surface area contributed by atoms with Crippen LogP contribution in [0.25, 0.3) is 0 Å². The number of carbonyl (C=O) groups is 1. The summed E-state index contributed by atoms with van der Waals surface area (Å²) in [6, 6.07) is 6.30. The summed E-state index contributed by atoms with van der Waals surface area (Å²) < 4.78 is 106. The molecule has 0 aliphatic carbocycles. The molecule has 212 valence electrons. The fourth-order valence-corrected chi connectivity index (χ4v) is 5.88. The van der Waals surface area contributed by atoms with Crippen LogP contribution in [0.2, 0.25) is 0 Å². The number of ether oxygens (including phenoxy) is 2. The average Bonchev–Trinajstić information content (AvgIpc) is 3.11. The molecule has 0 aromatic heterocycles. The van der Waals surface area contributed by atoms with Crippen LogP contribution < -0.4 is 117 Å². The number of benzene rings is 2. The molecule has 1 amide bonds. The van der Waals surface area contributed by atoms with Gasteiger partial charge in [-0.05, 0) is 37.3 Å². The third-order valence-electron chi connectivity index (χ3n) is 5.60. The van der Waals surface area contributed by atoms with Crippen molar-refractivity contribution in [3.05, 3.63) is 42.0 Å². The van der Waals surface area contributed by atoms with Crippen molar-refractivity contribution in [1.82, 2.24) is 0 Å². The van der Waals surface area contributed by atoms with Crippen molar-refractivity contribution in [2.45, 2.75) is 22.3 Å². The molecule has 0 saturated carbocycles. The van der Waals surface area contributed by atoms with Gasteiger partial charge in [0.25, 0.3) is 5.91 Å². The maximum atomic E-state index is 13.6. The van der Waals surface area contributed by atoms with Crippen LogP contribution in [0.3, 0.4) is 0 Å². The van der Waals surface area contributed by atoms with Crippen LogP contribution in [-0.4, -0.2) is 72.6 Å². The van der Waals surface area contributed by atoms with E-state index in [4.69, 9.17) is 15.0 Å². The SMILES string of the molecule is COc1cc(S(=O)(=O)CCOS(=O)(=O)[O-])c(OC)cc1C1(N=N)C(=O)N(c2ccc(S(=O)(=O)[O-])cc2)N=C1C.[K+].[K+]. The summed E-state index contributed by atoms with van der Waals surface area (Å²) in [6.45, 7) is 0.392. The zero-order valence-corrected chi connectivity index (χ0v) is 31.0. The van der Waals surface area contributed by atoms with Crippen molar-refractivity contribution in [2.24, 2.45) is 10.2 Å². The summed E-state index contributed by atoms with van der Waals surface area (Å²) in [6.07, 6.45) is 0. The van der Waals surface area contributed by atoms with E-state index in [2.05, 4.69) is 14.4 Å². The van der Waals surface area contributed by atoms with Crippen LogP contribution >= 0.6 is 0 Å². The van der Waals surface area contributed by atoms with Gasteiger partial charge in [0.2, 0.25) is 15.9 Å². The molecule has 0 radical (unpaired) electrons. The molecule has 1 N–H and O–H groups in total. The van der Waals surface area contributed by atoms with Crippen LogP contribution in [0, 0.1) is 5.53 Å². The molecule has 2 aromatic carbocycles. The first kappa shape index (κ1) is 38.8. The van der Waals surface area contributed by atoms with E-state index in [0.29, 0.717) is 0 Å². The molecule has 16 nitrogen and oxygen atoms in total. The summed E-state index contributed by atoms with van der Waals surface area (Å²) in [5.41, 5.74) is 5.59. The number of anilines is 1. The van der Waals surface area contributed by atoms with Crippen molar-refractivity contribution < 1.29 is 156 Å². The van der Waals surface area contributed by atoms with E-state index in [0.717, 1.165) is 55.6 Å². The molecule has 0 spiro atoms. The molecule has 0 bridgehead atoms. The molecule has 0 saturated heterocycles. The Hall–Kier alpha value is -0.217. The third kappa shape index (κ3) is 8.29. The Morgan fingerprint density at radius 3 is 2.00 bits per heavy atom. The standard InChI is InChI=1S/C20H22N4O12S3.2K/c1-12-20(23-21,19(25)24(22-12)13-4-6-14(7-5-13)38(28,29)30)15-10-17(35-3)18(11-16(15)34-2)37(26,27)9-8-36-39(31,32)33;;/h4-7,10-11,21H,8-9H2,1-3H3,(H,28,29,30)(H,31,32,33);;/q;2*+1/p-2. The molecule has 41 heavy (non-hydrogen) atoms. The van der Waals surface area contributed by atoms with Crippen LogP contribution in [0.15, 0.2) is 56.4 Å². The molecular formula is C20H20K2N4O12S3. The number of nitrogens with one attached hydrogen (secondary N) is 1. The van der Waals surface area contributed by atoms with Crippen molar-refractivity contribution in [1.29, 1.82) is 5.53 Å². The van der Waals surface area contributed by atoms with Crippen LogP contribution in [0.1, 0.15) is 12.5 Å². The molecule has 21 heteroatoms. The van der Waals surface area contributed by atoms with Gasteiger partial charge in [-0.3, -0.25) is 8.98 Å². The Labute approximate surface area is 321 Å². The summed E-state index contributed by atoms with van der Waals surface area (Å²) >= 11 is 0. The van der Waals surface area contributed by atoms with E-state index in [1.54, 1.807) is 0 Å². The van der Waals surface area contributed by atoms with Gasteiger partial charge >= 0.3 is 103 Å². The number of hydrogen-bond donors (Lipinski definition) is 1. The fraction of sp³-hybridized carbons (Fsp3) is 0.300. The summed E-state index contributed by atoms with van der Waals surface area (Å²) in [5, 5.41) is 8.48. The van der Waals surface area contributed by atoms with Gasteiger partial charge in [0.1, 0.15) is 26.5 Å². The molecule has 2 aromatic rings. The van der Waals surface area contributed by atoms with E-state index in [1.165, 1.54) is 6.92 Å². The second kappa shape index (κ2) is 14.7. The minimum Gasteiger partial charge on any atom is -0.744 e. The molecule has 0 fully saturated rings. The second-order valence-electron chi connectivity index (χ2n) is 7.83. The first-order valence-corrected chi connectivity index (χ1v) is 14.9. The maximum Gasteiger partial charge on any atom is 1.00 e. The number of methoxy groups -OCH3 is 2. The Morgan fingerprint density at radius 1 is 0.976 bits per heavy atom. The number of hydrogen-bond acceptors (Lipinski definition) is 15. The molecule has 1 unspecified atom stereocenters. The van der Waals surface area contributed by atoms with Gasteiger partial charge in [-0.25, -0.2) is 30.8 Å². The Kier molecular flexibility index (Phi) is 13.9. The van der Waals surface area contributed by atoms with Crippen molar-refractivity contribution in [3.63, 3.8) is 0 Å². The minimum atomic E-state index is -5.14. The first-order valence-electron chi connectivity index (χ1n) is 10.5. The normalized spacial score (nSPS) is 17.2. The molecule has 1 aliphatic heterocycles. The van der Waals surface area contributed by atoms with E-state index in [1.807, 2.05) is 0 Å². The van der Waals surface area contributed by atoms with Gasteiger partial charge in [-0.1, -0.05) is 0 Å². The Bertz CT molecular complexity index is 1680. The van der Waals surface area contributed by atoms with E-state index < -0.39 is 64.0 Å². The summed E-state index contributed by atoms with van der Waals surface area (Å²) in [5.74, 6) is -2.41. The van der Waals surface area contributed by atoms with Gasteiger partial charge in [0.15, 0.2) is 9.84 Å². The number of carbonyl (C=O) groups excluding carboxylic acids is 1. The largest absolute Gasteiger partial charge is 1.00 e. The predicted octanol–water partition coefficient (Wildman–Crippen LogP) is -5.48. The number of hydrazone groups is 1. The average molecular weight is 683 g/mol. The number of amides is 1. The molecular weight excluding hydrogens is 663 g/mol. The van der Waals surface area contributed by atoms with Crippen LogP contribution in [-0.2, 0) is 44.9 Å². The quantitative estimate of drug-likeness (QED) is 0.101. The summed E-state index contributed by atoms with van der Waals surface area (Å²) in [4.78, 5) is 12.6. The van der Waals surface area contributed by atoms with E-state index >= 15 is 0 Å². The number of nitrogens with zero attached hydrogens (tertiary/aromatic N) is 3. The van der Waals surface area contributed by atoms with E-state index in [-0.39, 0.29) is 131 Å². The number of sulfone groups is 1. The monoisotopic (exact) mass is 682 g/mol. The van der Waals surface area contributed by atoms with Crippen LogP contribution in [0.5, 0.6) is 11.5 Å². The molecule has 1 heterocycles. The van der Waals surface area contributed by atoms with Crippen molar-refractivity contribution >= 4 is 47.7 Å².